The highest BCUT2D eigenvalue weighted by atomic mass is 19.4. The van der Waals surface area contributed by atoms with Crippen LogP contribution in [0.1, 0.15) is 26.6 Å². The molecule has 2 heterocycles. The molecular weight excluding hydrogens is 285 g/mol. The molecule has 0 bridgehead atoms. The number of nitrogens with one attached hydrogen (secondary N) is 1. The van der Waals surface area contributed by atoms with E-state index >= 15 is 0 Å². The molecule has 2 rings (SSSR count). The fraction of sp³-hybridized carbons (Fsp3) is 0.692. The van der Waals surface area contributed by atoms with Crippen molar-refractivity contribution in [3.63, 3.8) is 0 Å². The number of hydrogen-bond donors (Lipinski definition) is 1. The molecule has 1 saturated heterocycles. The molecule has 1 aliphatic rings. The molecule has 1 aromatic heterocycles. The lowest BCUT2D eigenvalue weighted by atomic mass is 10.1. The molecule has 0 amide bonds. The van der Waals surface area contributed by atoms with Gasteiger partial charge in [0, 0.05) is 26.2 Å². The second kappa shape index (κ2) is 5.32. The molecule has 1 fully saturated rings. The molecule has 0 aliphatic carbocycles. The van der Waals surface area contributed by atoms with Crippen molar-refractivity contribution < 1.29 is 17.9 Å². The van der Waals surface area contributed by atoms with Gasteiger partial charge in [0.1, 0.15) is 11.6 Å². The summed E-state index contributed by atoms with van der Waals surface area (Å²) in [6.45, 7) is 6.65. The Bertz CT molecular complexity index is 519. The van der Waals surface area contributed by atoms with Gasteiger partial charge in [-0.3, -0.25) is 0 Å². The Morgan fingerprint density at radius 3 is 2.57 bits per heavy atom. The van der Waals surface area contributed by atoms with Crippen LogP contribution in [0.5, 0.6) is 0 Å². The number of nitrogens with zero attached hydrogens (tertiary/aromatic N) is 3. The van der Waals surface area contributed by atoms with Crippen LogP contribution in [0.2, 0.25) is 0 Å². The maximum Gasteiger partial charge on any atom is 0.451 e. The van der Waals surface area contributed by atoms with E-state index in [0.717, 1.165) is 0 Å². The van der Waals surface area contributed by atoms with Crippen molar-refractivity contribution in [2.24, 2.45) is 0 Å². The number of hydrogen-bond acceptors (Lipinski definition) is 5. The SMILES string of the molecule is CNc1cc(N2CC(C)OC(C)(C)C2)nc(C(F)(F)F)n1. The van der Waals surface area contributed by atoms with Crippen molar-refractivity contribution in [2.45, 2.75) is 38.7 Å². The van der Waals surface area contributed by atoms with E-state index in [-0.39, 0.29) is 17.7 Å². The lowest BCUT2D eigenvalue weighted by Gasteiger charge is -2.42. The van der Waals surface area contributed by atoms with Gasteiger partial charge in [0.25, 0.3) is 0 Å². The second-order valence-corrected chi connectivity index (χ2v) is 5.75. The highest BCUT2D eigenvalue weighted by molar-refractivity contribution is 5.50. The van der Waals surface area contributed by atoms with E-state index in [1.807, 2.05) is 20.8 Å². The van der Waals surface area contributed by atoms with Crippen LogP contribution in [-0.4, -0.2) is 41.8 Å². The van der Waals surface area contributed by atoms with Gasteiger partial charge >= 0.3 is 6.18 Å². The molecule has 1 atom stereocenters. The molecule has 0 radical (unpaired) electrons. The highest BCUT2D eigenvalue weighted by Gasteiger charge is 2.37. The summed E-state index contributed by atoms with van der Waals surface area (Å²) in [5.41, 5.74) is -0.444. The molecule has 0 aromatic carbocycles. The van der Waals surface area contributed by atoms with Crippen LogP contribution in [0.4, 0.5) is 24.8 Å². The molecule has 0 spiro atoms. The zero-order valence-corrected chi connectivity index (χ0v) is 12.5. The third kappa shape index (κ3) is 3.75. The van der Waals surface area contributed by atoms with E-state index in [2.05, 4.69) is 15.3 Å². The average Bonchev–Trinajstić information content (AvgIpc) is 2.34. The number of halogens is 3. The predicted octanol–water partition coefficient (Wildman–Crippen LogP) is 2.54. The number of rotatable bonds is 2. The first-order valence-electron chi connectivity index (χ1n) is 6.67. The van der Waals surface area contributed by atoms with Crippen molar-refractivity contribution in [1.29, 1.82) is 0 Å². The molecule has 1 aromatic rings. The smallest absolute Gasteiger partial charge is 0.373 e. The standard InChI is InChI=1S/C13H19F3N4O/c1-8-6-20(7-12(2,3)21-8)10-5-9(17-4)18-11(19-10)13(14,15)16/h5,8H,6-7H2,1-4H3,(H,17,18,19). The highest BCUT2D eigenvalue weighted by Crippen LogP contribution is 2.31. The van der Waals surface area contributed by atoms with Gasteiger partial charge in [-0.2, -0.15) is 13.2 Å². The molecule has 0 saturated carbocycles. The Balaban J connectivity index is 2.38. The van der Waals surface area contributed by atoms with Gasteiger partial charge in [-0.15, -0.1) is 0 Å². The minimum atomic E-state index is -4.57. The van der Waals surface area contributed by atoms with Gasteiger partial charge in [0.15, 0.2) is 0 Å². The summed E-state index contributed by atoms with van der Waals surface area (Å²) in [4.78, 5) is 8.94. The summed E-state index contributed by atoms with van der Waals surface area (Å²) in [5, 5.41) is 2.64. The lowest BCUT2D eigenvalue weighted by Crippen LogP contribution is -2.52. The Labute approximate surface area is 121 Å². The number of anilines is 2. The normalized spacial score (nSPS) is 22.2. The summed E-state index contributed by atoms with van der Waals surface area (Å²) < 4.78 is 44.4. The Kier molecular flexibility index (Phi) is 4.01. The summed E-state index contributed by atoms with van der Waals surface area (Å²) >= 11 is 0. The van der Waals surface area contributed by atoms with Gasteiger partial charge < -0.3 is 15.0 Å². The van der Waals surface area contributed by atoms with Gasteiger partial charge in [0.2, 0.25) is 5.82 Å². The van der Waals surface area contributed by atoms with Gasteiger partial charge in [0.05, 0.1) is 11.7 Å². The van der Waals surface area contributed by atoms with Crippen LogP contribution in [0.3, 0.4) is 0 Å². The van der Waals surface area contributed by atoms with Crippen LogP contribution >= 0.6 is 0 Å². The molecule has 5 nitrogen and oxygen atoms in total. The Morgan fingerprint density at radius 2 is 2.05 bits per heavy atom. The fourth-order valence-corrected chi connectivity index (χ4v) is 2.48. The Hall–Kier alpha value is -1.57. The zero-order valence-electron chi connectivity index (χ0n) is 12.5. The van der Waals surface area contributed by atoms with Gasteiger partial charge in [-0.1, -0.05) is 0 Å². The third-order valence-electron chi connectivity index (χ3n) is 3.12. The van der Waals surface area contributed by atoms with E-state index in [4.69, 9.17) is 4.74 Å². The largest absolute Gasteiger partial charge is 0.451 e. The van der Waals surface area contributed by atoms with Crippen molar-refractivity contribution in [1.82, 2.24) is 9.97 Å². The molecule has 1 unspecified atom stereocenters. The summed E-state index contributed by atoms with van der Waals surface area (Å²) in [6.07, 6.45) is -4.66. The zero-order chi connectivity index (χ0) is 15.8. The van der Waals surface area contributed by atoms with Crippen LogP contribution < -0.4 is 10.2 Å². The maximum absolute atomic E-state index is 12.9. The van der Waals surface area contributed by atoms with Crippen LogP contribution in [0, 0.1) is 0 Å². The van der Waals surface area contributed by atoms with Crippen molar-refractivity contribution >= 4 is 11.6 Å². The number of alkyl halides is 3. The fourth-order valence-electron chi connectivity index (χ4n) is 2.48. The molecule has 8 heteroatoms. The first kappa shape index (κ1) is 15.8. The van der Waals surface area contributed by atoms with Crippen LogP contribution in [-0.2, 0) is 10.9 Å². The predicted molar refractivity (Wildman–Crippen MR) is 73.4 cm³/mol. The molecule has 1 aliphatic heterocycles. The maximum atomic E-state index is 12.9. The van der Waals surface area contributed by atoms with Gasteiger partial charge in [-0.25, -0.2) is 9.97 Å². The van der Waals surface area contributed by atoms with E-state index < -0.39 is 17.6 Å². The molecule has 1 N–H and O–H groups in total. The summed E-state index contributed by atoms with van der Waals surface area (Å²) in [5.74, 6) is -0.740. The lowest BCUT2D eigenvalue weighted by molar-refractivity contribution is -0.144. The minimum Gasteiger partial charge on any atom is -0.373 e. The number of ether oxygens (including phenoxy) is 1. The first-order chi connectivity index (χ1) is 9.60. The number of morpholine rings is 1. The first-order valence-corrected chi connectivity index (χ1v) is 6.67. The second-order valence-electron chi connectivity index (χ2n) is 5.75. The molecule has 21 heavy (non-hydrogen) atoms. The molecular formula is C13H19F3N4O. The topological polar surface area (TPSA) is 50.3 Å². The molecule has 118 valence electrons. The van der Waals surface area contributed by atoms with E-state index in [1.165, 1.54) is 13.1 Å². The Morgan fingerprint density at radius 1 is 1.38 bits per heavy atom. The van der Waals surface area contributed by atoms with Crippen molar-refractivity contribution in [2.75, 3.05) is 30.4 Å². The van der Waals surface area contributed by atoms with E-state index in [0.29, 0.717) is 13.1 Å². The number of aromatic nitrogens is 2. The monoisotopic (exact) mass is 304 g/mol. The summed E-state index contributed by atoms with van der Waals surface area (Å²) in [7, 11) is 1.53. The van der Waals surface area contributed by atoms with Crippen molar-refractivity contribution in [3.05, 3.63) is 11.9 Å². The van der Waals surface area contributed by atoms with Crippen LogP contribution in [0.25, 0.3) is 0 Å². The minimum absolute atomic E-state index is 0.0870. The average molecular weight is 304 g/mol. The van der Waals surface area contributed by atoms with E-state index in [9.17, 15) is 13.2 Å². The quantitative estimate of drug-likeness (QED) is 0.910. The van der Waals surface area contributed by atoms with E-state index in [1.54, 1.807) is 4.90 Å². The van der Waals surface area contributed by atoms with Crippen molar-refractivity contribution in [3.8, 4) is 0 Å². The van der Waals surface area contributed by atoms with Crippen LogP contribution in [0.15, 0.2) is 6.07 Å². The summed E-state index contributed by atoms with van der Waals surface area (Å²) in [6, 6.07) is 1.52. The van der Waals surface area contributed by atoms with Gasteiger partial charge in [-0.05, 0) is 20.8 Å². The third-order valence-corrected chi connectivity index (χ3v) is 3.12.